The van der Waals surface area contributed by atoms with Gasteiger partial charge in [-0.15, -0.1) is 0 Å². The average molecular weight is 435 g/mol. The van der Waals surface area contributed by atoms with Gasteiger partial charge in [0.1, 0.15) is 6.61 Å². The fraction of sp³-hybridized carbons (Fsp3) is 0.150. The zero-order chi connectivity index (χ0) is 22.4. The van der Waals surface area contributed by atoms with E-state index in [-0.39, 0.29) is 12.5 Å². The number of halogens is 3. The van der Waals surface area contributed by atoms with Gasteiger partial charge in [-0.2, -0.15) is 18.3 Å². The lowest BCUT2D eigenvalue weighted by Gasteiger charge is -2.25. The van der Waals surface area contributed by atoms with Crippen molar-refractivity contribution in [2.45, 2.75) is 12.3 Å². The molecule has 0 fully saturated rings. The van der Waals surface area contributed by atoms with Crippen LogP contribution in [-0.4, -0.2) is 46.1 Å². The summed E-state index contributed by atoms with van der Waals surface area (Å²) in [6.45, 7) is 0.190. The molecule has 3 aromatic rings. The summed E-state index contributed by atoms with van der Waals surface area (Å²) in [4.78, 5) is 21.3. The largest absolute Gasteiger partial charge is 0.490 e. The van der Waals surface area contributed by atoms with Gasteiger partial charge in [0.05, 0.1) is 6.20 Å². The van der Waals surface area contributed by atoms with Crippen molar-refractivity contribution in [1.29, 1.82) is 0 Å². The first-order valence-corrected chi connectivity index (χ1v) is 8.82. The number of hydrogen-bond donors (Lipinski definition) is 3. The van der Waals surface area contributed by atoms with Crippen LogP contribution in [0.3, 0.4) is 0 Å². The molecule has 3 N–H and O–H groups in total. The lowest BCUT2D eigenvalue weighted by Crippen LogP contribution is -2.40. The van der Waals surface area contributed by atoms with E-state index in [2.05, 4.69) is 15.5 Å². The molecule has 1 aromatic heterocycles. The number of para-hydroxylation sites is 2. The highest BCUT2D eigenvalue weighted by molar-refractivity contribution is 5.95. The van der Waals surface area contributed by atoms with E-state index >= 15 is 0 Å². The van der Waals surface area contributed by atoms with E-state index in [4.69, 9.17) is 19.4 Å². The Bertz CT molecular complexity index is 1040. The summed E-state index contributed by atoms with van der Waals surface area (Å²) in [5.41, 5.74) is 2.72. The van der Waals surface area contributed by atoms with E-state index in [1.165, 1.54) is 0 Å². The molecule has 1 unspecified atom stereocenters. The number of carbonyl (C=O) groups is 2. The minimum absolute atomic E-state index is 0.190. The number of rotatable bonds is 3. The Morgan fingerprint density at radius 1 is 1.06 bits per heavy atom. The number of anilines is 1. The van der Waals surface area contributed by atoms with E-state index in [9.17, 15) is 18.0 Å². The predicted molar refractivity (Wildman–Crippen MR) is 103 cm³/mol. The van der Waals surface area contributed by atoms with Crippen molar-refractivity contribution in [3.8, 4) is 22.6 Å². The van der Waals surface area contributed by atoms with Gasteiger partial charge in [-0.05, 0) is 29.8 Å². The molecule has 0 radical (unpaired) electrons. The molecular formula is C20H16F3N3O5. The summed E-state index contributed by atoms with van der Waals surface area (Å²) < 4.78 is 43.0. The van der Waals surface area contributed by atoms with Gasteiger partial charge in [0.15, 0.2) is 11.5 Å². The molecule has 4 rings (SSSR count). The van der Waals surface area contributed by atoms with Gasteiger partial charge < -0.3 is 19.9 Å². The SMILES string of the molecule is O=C(Nc1ccc(-c2cn[nH]c2)cc1)C1COc2ccccc2O1.O=C(O)C(F)(F)F. The zero-order valence-corrected chi connectivity index (χ0v) is 15.7. The van der Waals surface area contributed by atoms with Crippen molar-refractivity contribution in [3.63, 3.8) is 0 Å². The first-order valence-electron chi connectivity index (χ1n) is 8.82. The lowest BCUT2D eigenvalue weighted by molar-refractivity contribution is -0.192. The molecule has 1 atom stereocenters. The molecular weight excluding hydrogens is 419 g/mol. The highest BCUT2D eigenvalue weighted by Gasteiger charge is 2.38. The zero-order valence-electron chi connectivity index (χ0n) is 15.7. The van der Waals surface area contributed by atoms with Crippen LogP contribution in [-0.2, 0) is 9.59 Å². The average Bonchev–Trinajstić information content (AvgIpc) is 3.28. The quantitative estimate of drug-likeness (QED) is 0.581. The van der Waals surface area contributed by atoms with Crippen molar-refractivity contribution in [2.75, 3.05) is 11.9 Å². The second-order valence-electron chi connectivity index (χ2n) is 6.22. The van der Waals surface area contributed by atoms with Gasteiger partial charge in [-0.1, -0.05) is 24.3 Å². The molecule has 8 nitrogen and oxygen atoms in total. The minimum Gasteiger partial charge on any atom is -0.485 e. The molecule has 1 aliphatic rings. The molecule has 0 saturated heterocycles. The van der Waals surface area contributed by atoms with E-state index in [1.807, 2.05) is 48.7 Å². The van der Waals surface area contributed by atoms with Crippen LogP contribution in [0, 0.1) is 0 Å². The molecule has 31 heavy (non-hydrogen) atoms. The van der Waals surface area contributed by atoms with Crippen LogP contribution in [0.4, 0.5) is 18.9 Å². The standard InChI is InChI=1S/C18H15N3O3.C2HF3O2/c22-18(17-11-23-15-3-1-2-4-16(15)24-17)21-14-7-5-12(6-8-14)13-9-19-20-10-13;3-2(4,5)1(6)7/h1-10,17H,11H2,(H,19,20)(H,21,22);(H,6,7). The number of aromatic amines is 1. The van der Waals surface area contributed by atoms with E-state index in [1.54, 1.807) is 12.3 Å². The predicted octanol–water partition coefficient (Wildman–Crippen LogP) is 3.49. The van der Waals surface area contributed by atoms with Crippen molar-refractivity contribution >= 4 is 17.6 Å². The summed E-state index contributed by atoms with van der Waals surface area (Å²) in [6.07, 6.45) is -2.19. The molecule has 0 saturated carbocycles. The maximum Gasteiger partial charge on any atom is 0.490 e. The van der Waals surface area contributed by atoms with Crippen LogP contribution in [0.5, 0.6) is 11.5 Å². The Labute approximate surface area is 173 Å². The first kappa shape index (κ1) is 21.7. The van der Waals surface area contributed by atoms with E-state index < -0.39 is 18.2 Å². The van der Waals surface area contributed by atoms with E-state index in [0.29, 0.717) is 17.2 Å². The maximum absolute atomic E-state index is 12.4. The third-order valence-corrected chi connectivity index (χ3v) is 4.03. The number of aliphatic carboxylic acids is 1. The number of benzene rings is 2. The first-order chi connectivity index (χ1) is 14.7. The van der Waals surface area contributed by atoms with Gasteiger partial charge in [0.25, 0.3) is 5.91 Å². The topological polar surface area (TPSA) is 114 Å². The maximum atomic E-state index is 12.4. The second kappa shape index (κ2) is 9.20. The van der Waals surface area contributed by atoms with Crippen LogP contribution >= 0.6 is 0 Å². The van der Waals surface area contributed by atoms with Gasteiger partial charge in [-0.25, -0.2) is 4.79 Å². The molecule has 162 valence electrons. The molecule has 0 spiro atoms. The van der Waals surface area contributed by atoms with Gasteiger partial charge in [0, 0.05) is 17.4 Å². The summed E-state index contributed by atoms with van der Waals surface area (Å²) in [6, 6.07) is 14.9. The van der Waals surface area contributed by atoms with Crippen LogP contribution in [0.25, 0.3) is 11.1 Å². The number of carboxylic acid groups (broad SMARTS) is 1. The molecule has 11 heteroatoms. The van der Waals surface area contributed by atoms with Crippen LogP contribution in [0.1, 0.15) is 0 Å². The number of H-pyrrole nitrogens is 1. The number of carbonyl (C=O) groups excluding carboxylic acids is 1. The number of nitrogens with zero attached hydrogens (tertiary/aromatic N) is 1. The third-order valence-electron chi connectivity index (χ3n) is 4.03. The molecule has 1 amide bonds. The number of hydrogen-bond acceptors (Lipinski definition) is 5. The normalized spacial score (nSPS) is 14.7. The second-order valence-corrected chi connectivity index (χ2v) is 6.22. The van der Waals surface area contributed by atoms with Crippen molar-refractivity contribution < 1.29 is 37.3 Å². The fourth-order valence-corrected chi connectivity index (χ4v) is 2.53. The Balaban J connectivity index is 0.000000339. The number of aromatic nitrogens is 2. The number of nitrogens with one attached hydrogen (secondary N) is 2. The van der Waals surface area contributed by atoms with Crippen LogP contribution in [0.15, 0.2) is 60.9 Å². The number of fused-ring (bicyclic) bond motifs is 1. The van der Waals surface area contributed by atoms with Crippen LogP contribution < -0.4 is 14.8 Å². The number of amides is 1. The van der Waals surface area contributed by atoms with E-state index in [0.717, 1.165) is 11.1 Å². The van der Waals surface area contributed by atoms with Crippen molar-refractivity contribution in [1.82, 2.24) is 10.2 Å². The Morgan fingerprint density at radius 3 is 2.29 bits per heavy atom. The summed E-state index contributed by atoms with van der Waals surface area (Å²) >= 11 is 0. The Morgan fingerprint density at radius 2 is 1.71 bits per heavy atom. The number of carboxylic acids is 1. The van der Waals surface area contributed by atoms with Gasteiger partial charge in [-0.3, -0.25) is 9.89 Å². The highest BCUT2D eigenvalue weighted by atomic mass is 19.4. The Kier molecular flexibility index (Phi) is 6.43. The lowest BCUT2D eigenvalue weighted by atomic mass is 10.1. The summed E-state index contributed by atoms with van der Waals surface area (Å²) in [5, 5.41) is 16.7. The third kappa shape index (κ3) is 5.75. The highest BCUT2D eigenvalue weighted by Crippen LogP contribution is 2.31. The molecule has 2 heterocycles. The van der Waals surface area contributed by atoms with Crippen LogP contribution in [0.2, 0.25) is 0 Å². The molecule has 2 aromatic carbocycles. The molecule has 0 aliphatic carbocycles. The minimum atomic E-state index is -5.08. The number of ether oxygens (including phenoxy) is 2. The fourth-order valence-electron chi connectivity index (χ4n) is 2.53. The molecule has 1 aliphatic heterocycles. The number of alkyl halides is 3. The van der Waals surface area contributed by atoms with Gasteiger partial charge >= 0.3 is 12.1 Å². The monoisotopic (exact) mass is 435 g/mol. The molecule has 0 bridgehead atoms. The Hall–Kier alpha value is -4.02. The summed E-state index contributed by atoms with van der Waals surface area (Å²) in [7, 11) is 0. The van der Waals surface area contributed by atoms with Gasteiger partial charge in [0.2, 0.25) is 6.10 Å². The van der Waals surface area contributed by atoms with Crippen molar-refractivity contribution in [2.24, 2.45) is 0 Å². The smallest absolute Gasteiger partial charge is 0.485 e. The van der Waals surface area contributed by atoms with Crippen molar-refractivity contribution in [3.05, 3.63) is 60.9 Å². The summed E-state index contributed by atoms with van der Waals surface area (Å²) in [5.74, 6) is -1.75.